The molecular formula is C18H16N6O3S. The number of hydrogen-bond acceptors (Lipinski definition) is 6. The third-order valence-electron chi connectivity index (χ3n) is 4.25. The van der Waals surface area contributed by atoms with E-state index in [9.17, 15) is 13.2 Å². The minimum Gasteiger partial charge on any atom is -0.347 e. The highest BCUT2D eigenvalue weighted by Crippen LogP contribution is 2.26. The highest BCUT2D eigenvalue weighted by molar-refractivity contribution is 7.90. The van der Waals surface area contributed by atoms with Crippen molar-refractivity contribution in [3.8, 4) is 0 Å². The van der Waals surface area contributed by atoms with Crippen molar-refractivity contribution in [3.05, 3.63) is 72.6 Å². The summed E-state index contributed by atoms with van der Waals surface area (Å²) in [4.78, 5) is 12.6. The molecule has 9 nitrogen and oxygen atoms in total. The third kappa shape index (κ3) is 3.49. The first-order chi connectivity index (χ1) is 13.5. The quantitative estimate of drug-likeness (QED) is 0.669. The number of sulfonamides is 1. The number of nitrogens with zero attached hydrogens (tertiary/aromatic N) is 4. The van der Waals surface area contributed by atoms with Crippen LogP contribution in [0.3, 0.4) is 0 Å². The number of carbonyl (C=O) groups is 1. The molecule has 1 unspecified atom stereocenters. The summed E-state index contributed by atoms with van der Waals surface area (Å²) in [7, 11) is -3.93. The van der Waals surface area contributed by atoms with Gasteiger partial charge in [0.2, 0.25) is 5.84 Å². The van der Waals surface area contributed by atoms with Gasteiger partial charge in [-0.15, -0.1) is 9.50 Å². The van der Waals surface area contributed by atoms with Gasteiger partial charge in [0.25, 0.3) is 15.9 Å². The number of rotatable bonds is 5. The predicted octanol–water partition coefficient (Wildman–Crippen LogP) is 1.20. The normalized spacial score (nSPS) is 15.6. The molecule has 10 heteroatoms. The minimum atomic E-state index is -3.93. The zero-order valence-electron chi connectivity index (χ0n) is 14.6. The number of nitrogens with one attached hydrogen (secondary N) is 2. The predicted molar refractivity (Wildman–Crippen MR) is 102 cm³/mol. The third-order valence-corrected chi connectivity index (χ3v) is 5.58. The van der Waals surface area contributed by atoms with Gasteiger partial charge in [0.05, 0.1) is 17.9 Å². The Morgan fingerprint density at radius 2 is 1.86 bits per heavy atom. The number of benzene rings is 2. The van der Waals surface area contributed by atoms with E-state index in [2.05, 4.69) is 25.3 Å². The first-order valence-corrected chi connectivity index (χ1v) is 9.88. The lowest BCUT2D eigenvalue weighted by molar-refractivity contribution is -0.114. The van der Waals surface area contributed by atoms with Crippen LogP contribution in [0.1, 0.15) is 11.6 Å². The second kappa shape index (κ2) is 7.24. The smallest absolute Gasteiger partial charge is 0.288 e. The molecule has 142 valence electrons. The highest BCUT2D eigenvalue weighted by Gasteiger charge is 2.28. The Morgan fingerprint density at radius 3 is 2.61 bits per heavy atom. The van der Waals surface area contributed by atoms with Crippen LogP contribution in [0.15, 0.2) is 76.3 Å². The van der Waals surface area contributed by atoms with Crippen molar-refractivity contribution in [2.24, 2.45) is 4.40 Å². The fourth-order valence-electron chi connectivity index (χ4n) is 2.91. The van der Waals surface area contributed by atoms with Crippen LogP contribution in [0.25, 0.3) is 0 Å². The molecule has 2 N–H and O–H groups in total. The van der Waals surface area contributed by atoms with E-state index in [1.165, 1.54) is 6.07 Å². The molecule has 0 radical (unpaired) electrons. The lowest BCUT2D eigenvalue weighted by Crippen LogP contribution is -2.40. The van der Waals surface area contributed by atoms with Crippen molar-refractivity contribution < 1.29 is 13.2 Å². The summed E-state index contributed by atoms with van der Waals surface area (Å²) in [6.45, 7) is 0.175. The number of amidine groups is 1. The molecule has 1 aliphatic rings. The molecule has 0 saturated carbocycles. The van der Waals surface area contributed by atoms with E-state index in [0.717, 1.165) is 5.56 Å². The molecule has 4 rings (SSSR count). The Morgan fingerprint density at radius 1 is 1.11 bits per heavy atom. The van der Waals surface area contributed by atoms with Gasteiger partial charge in [0, 0.05) is 12.7 Å². The minimum absolute atomic E-state index is 0.0383. The molecule has 2 aromatic carbocycles. The van der Waals surface area contributed by atoms with Crippen LogP contribution in [0, 0.1) is 0 Å². The van der Waals surface area contributed by atoms with Crippen LogP contribution < -0.4 is 10.6 Å². The second-order valence-electron chi connectivity index (χ2n) is 6.06. The zero-order valence-corrected chi connectivity index (χ0v) is 15.4. The first kappa shape index (κ1) is 17.9. The van der Waals surface area contributed by atoms with Gasteiger partial charge in [-0.25, -0.2) is 4.68 Å². The Balaban J connectivity index is 1.54. The topological polar surface area (TPSA) is 118 Å². The summed E-state index contributed by atoms with van der Waals surface area (Å²) in [5.41, 5.74) is 1.24. The summed E-state index contributed by atoms with van der Waals surface area (Å²) < 4.78 is 29.8. The molecule has 1 aliphatic heterocycles. The number of hydrogen-bond donors (Lipinski definition) is 2. The van der Waals surface area contributed by atoms with Crippen molar-refractivity contribution in [2.75, 3.05) is 11.9 Å². The summed E-state index contributed by atoms with van der Waals surface area (Å²) >= 11 is 0. The summed E-state index contributed by atoms with van der Waals surface area (Å²) in [6.07, 6.45) is 3.24. The van der Waals surface area contributed by atoms with Gasteiger partial charge in [-0.2, -0.15) is 8.42 Å². The fourth-order valence-corrected chi connectivity index (χ4v) is 4.02. The number of amides is 1. The maximum Gasteiger partial charge on any atom is 0.288 e. The Hall–Kier alpha value is -3.53. The van der Waals surface area contributed by atoms with E-state index >= 15 is 0 Å². The van der Waals surface area contributed by atoms with Crippen molar-refractivity contribution in [2.45, 2.75) is 10.9 Å². The van der Waals surface area contributed by atoms with Crippen molar-refractivity contribution in [3.63, 3.8) is 0 Å². The summed E-state index contributed by atoms with van der Waals surface area (Å²) in [6, 6.07) is 15.5. The van der Waals surface area contributed by atoms with Crippen LogP contribution in [0.4, 0.5) is 5.69 Å². The maximum absolute atomic E-state index is 12.6. The number of anilines is 1. The maximum atomic E-state index is 12.6. The second-order valence-corrected chi connectivity index (χ2v) is 7.63. The molecule has 3 aromatic rings. The SMILES string of the molecule is O=C(NCC(c1ccccc1)n1ccnn1)C1=NS(=O)(=O)c2ccccc2N1. The van der Waals surface area contributed by atoms with E-state index in [-0.39, 0.29) is 23.3 Å². The van der Waals surface area contributed by atoms with E-state index in [4.69, 9.17) is 0 Å². The molecular weight excluding hydrogens is 380 g/mol. The molecule has 2 heterocycles. The molecule has 1 amide bonds. The molecule has 0 bridgehead atoms. The highest BCUT2D eigenvalue weighted by atomic mass is 32.2. The van der Waals surface area contributed by atoms with Crippen molar-refractivity contribution in [1.82, 2.24) is 20.3 Å². The average molecular weight is 396 g/mol. The van der Waals surface area contributed by atoms with Crippen LogP contribution in [0.2, 0.25) is 0 Å². The van der Waals surface area contributed by atoms with E-state index in [1.807, 2.05) is 30.3 Å². The standard InChI is InChI=1S/C18H16N6O3S/c25-18(17-21-14-8-4-5-9-16(14)28(26,27)22-17)19-12-15(24-11-10-20-23-24)13-6-2-1-3-7-13/h1-11,15H,12H2,(H,19,25)(H,21,22). The Kier molecular flexibility index (Phi) is 4.62. The molecule has 0 aliphatic carbocycles. The molecule has 1 atom stereocenters. The summed E-state index contributed by atoms with van der Waals surface area (Å²) in [5, 5.41) is 13.3. The van der Waals surface area contributed by atoms with Crippen LogP contribution in [-0.4, -0.2) is 41.7 Å². The number of fused-ring (bicyclic) bond motifs is 1. The lowest BCUT2D eigenvalue weighted by atomic mass is 10.1. The Bertz CT molecular complexity index is 1130. The van der Waals surface area contributed by atoms with Gasteiger partial charge >= 0.3 is 0 Å². The van der Waals surface area contributed by atoms with E-state index in [0.29, 0.717) is 5.69 Å². The van der Waals surface area contributed by atoms with Crippen LogP contribution in [0.5, 0.6) is 0 Å². The van der Waals surface area contributed by atoms with E-state index < -0.39 is 15.9 Å². The first-order valence-electron chi connectivity index (χ1n) is 8.44. The van der Waals surface area contributed by atoms with Gasteiger partial charge in [0.15, 0.2) is 0 Å². The molecule has 28 heavy (non-hydrogen) atoms. The zero-order chi connectivity index (χ0) is 19.6. The fraction of sp³-hybridized carbons (Fsp3) is 0.111. The summed E-state index contributed by atoms with van der Waals surface area (Å²) in [5.74, 6) is -0.900. The molecule has 0 saturated heterocycles. The van der Waals surface area contributed by atoms with Crippen LogP contribution >= 0.6 is 0 Å². The van der Waals surface area contributed by atoms with E-state index in [1.54, 1.807) is 35.3 Å². The molecule has 1 aromatic heterocycles. The number of aromatic nitrogens is 3. The monoisotopic (exact) mass is 396 g/mol. The lowest BCUT2D eigenvalue weighted by Gasteiger charge is -2.20. The van der Waals surface area contributed by atoms with Gasteiger partial charge in [-0.05, 0) is 17.7 Å². The largest absolute Gasteiger partial charge is 0.347 e. The van der Waals surface area contributed by atoms with Crippen molar-refractivity contribution >= 4 is 27.5 Å². The van der Waals surface area contributed by atoms with Gasteiger partial charge in [0.1, 0.15) is 4.90 Å². The van der Waals surface area contributed by atoms with Gasteiger partial charge in [-0.1, -0.05) is 47.7 Å². The van der Waals surface area contributed by atoms with Crippen molar-refractivity contribution in [1.29, 1.82) is 0 Å². The average Bonchev–Trinajstić information content (AvgIpc) is 3.23. The molecule has 0 fully saturated rings. The number of carbonyl (C=O) groups excluding carboxylic acids is 1. The van der Waals surface area contributed by atoms with Gasteiger partial charge in [-0.3, -0.25) is 4.79 Å². The molecule has 0 spiro atoms. The van der Waals surface area contributed by atoms with Gasteiger partial charge < -0.3 is 10.6 Å². The number of para-hydroxylation sites is 1. The Labute approximate surface area is 161 Å². The van der Waals surface area contributed by atoms with Crippen LogP contribution in [-0.2, 0) is 14.8 Å².